The Labute approximate surface area is 99.3 Å². The first-order chi connectivity index (χ1) is 8.25. The topological polar surface area (TPSA) is 75.9 Å². The fourth-order valence-electron chi connectivity index (χ4n) is 1.47. The van der Waals surface area contributed by atoms with Gasteiger partial charge in [0.1, 0.15) is 17.9 Å². The van der Waals surface area contributed by atoms with Crippen LogP contribution in [-0.4, -0.2) is 31.4 Å². The Morgan fingerprint density at radius 2 is 2.29 bits per heavy atom. The first-order valence-electron chi connectivity index (χ1n) is 5.43. The van der Waals surface area contributed by atoms with Crippen LogP contribution in [0, 0.1) is 0 Å². The molecule has 0 bridgehead atoms. The summed E-state index contributed by atoms with van der Waals surface area (Å²) in [6.45, 7) is 1.49. The molecule has 2 N–H and O–H groups in total. The summed E-state index contributed by atoms with van der Waals surface area (Å²) >= 11 is 0. The number of nitrogens with zero attached hydrogens (tertiary/aromatic N) is 4. The third-order valence-electron chi connectivity index (χ3n) is 2.45. The average Bonchev–Trinajstić information content (AvgIpc) is 2.73. The van der Waals surface area contributed by atoms with Crippen LogP contribution >= 0.6 is 0 Å². The van der Waals surface area contributed by atoms with E-state index in [0.29, 0.717) is 6.54 Å². The van der Waals surface area contributed by atoms with Gasteiger partial charge in [0.15, 0.2) is 0 Å². The molecule has 2 aromatic heterocycles. The zero-order valence-electron chi connectivity index (χ0n) is 9.67. The third-order valence-corrected chi connectivity index (χ3v) is 2.45. The number of aryl methyl sites for hydroxylation is 1. The number of aromatic nitrogens is 4. The molecule has 0 aliphatic rings. The zero-order valence-corrected chi connectivity index (χ0v) is 9.67. The van der Waals surface area contributed by atoms with Gasteiger partial charge in [0, 0.05) is 26.6 Å². The molecule has 0 unspecified atom stereocenters. The molecule has 0 aromatic carbocycles. The summed E-state index contributed by atoms with van der Waals surface area (Å²) in [5, 5.41) is 20.2. The van der Waals surface area contributed by atoms with Crippen LogP contribution in [0.4, 0.5) is 0 Å². The molecule has 0 saturated heterocycles. The van der Waals surface area contributed by atoms with Crippen molar-refractivity contribution < 1.29 is 5.11 Å². The first-order valence-corrected chi connectivity index (χ1v) is 5.43. The second-order valence-corrected chi connectivity index (χ2v) is 3.79. The molecule has 0 fully saturated rings. The highest BCUT2D eigenvalue weighted by molar-refractivity contribution is 5.17. The van der Waals surface area contributed by atoms with E-state index in [2.05, 4.69) is 20.5 Å². The number of nitrogens with one attached hydrogen (secondary N) is 1. The Hall–Kier alpha value is -1.95. The molecular formula is C11H15N5O. The smallest absolute Gasteiger partial charge is 0.133 e. The minimum absolute atomic E-state index is 0.188. The summed E-state index contributed by atoms with van der Waals surface area (Å²) in [5.74, 6) is 1.14. The molecule has 2 aromatic rings. The normalized spacial score (nSPS) is 10.6. The van der Waals surface area contributed by atoms with Gasteiger partial charge in [0.2, 0.25) is 0 Å². The van der Waals surface area contributed by atoms with Gasteiger partial charge < -0.3 is 15.0 Å². The molecule has 0 aliphatic carbocycles. The lowest BCUT2D eigenvalue weighted by atomic mass is 10.3. The molecule has 0 atom stereocenters. The summed E-state index contributed by atoms with van der Waals surface area (Å²) in [7, 11) is 1.93. The molecule has 0 aliphatic heterocycles. The van der Waals surface area contributed by atoms with E-state index in [1.54, 1.807) is 18.5 Å². The van der Waals surface area contributed by atoms with Crippen molar-refractivity contribution in [2.24, 2.45) is 7.05 Å². The fraction of sp³-hybridized carbons (Fsp3) is 0.364. The van der Waals surface area contributed by atoms with E-state index in [1.165, 1.54) is 6.20 Å². The molecule has 0 amide bonds. The van der Waals surface area contributed by atoms with Gasteiger partial charge >= 0.3 is 0 Å². The van der Waals surface area contributed by atoms with Crippen molar-refractivity contribution in [3.8, 4) is 5.75 Å². The van der Waals surface area contributed by atoms with Gasteiger partial charge in [-0.1, -0.05) is 0 Å². The summed E-state index contributed by atoms with van der Waals surface area (Å²) in [5.41, 5.74) is 0.903. The van der Waals surface area contributed by atoms with Crippen molar-refractivity contribution in [2.45, 2.75) is 13.0 Å². The average molecular weight is 233 g/mol. The Bertz CT molecular complexity index is 465. The molecule has 6 heteroatoms. The molecule has 2 heterocycles. The van der Waals surface area contributed by atoms with E-state index in [-0.39, 0.29) is 5.75 Å². The highest BCUT2D eigenvalue weighted by Gasteiger charge is 2.00. The van der Waals surface area contributed by atoms with Crippen molar-refractivity contribution in [1.29, 1.82) is 0 Å². The minimum atomic E-state index is 0.188. The Kier molecular flexibility index (Phi) is 3.66. The summed E-state index contributed by atoms with van der Waals surface area (Å²) in [6, 6.07) is 3.43. The Morgan fingerprint density at radius 3 is 2.94 bits per heavy atom. The fourth-order valence-corrected chi connectivity index (χ4v) is 1.47. The molecule has 0 radical (unpaired) electrons. The van der Waals surface area contributed by atoms with E-state index in [0.717, 1.165) is 24.5 Å². The summed E-state index contributed by atoms with van der Waals surface area (Å²) in [6.07, 6.45) is 3.96. The molecule has 6 nitrogen and oxygen atoms in total. The maximum Gasteiger partial charge on any atom is 0.133 e. The first kappa shape index (κ1) is 11.5. The second-order valence-electron chi connectivity index (χ2n) is 3.79. The van der Waals surface area contributed by atoms with Crippen molar-refractivity contribution in [3.05, 3.63) is 36.2 Å². The number of pyridine rings is 1. The van der Waals surface area contributed by atoms with Crippen molar-refractivity contribution >= 4 is 0 Å². The van der Waals surface area contributed by atoms with E-state index < -0.39 is 0 Å². The van der Waals surface area contributed by atoms with Crippen molar-refractivity contribution in [1.82, 2.24) is 25.1 Å². The van der Waals surface area contributed by atoms with Gasteiger partial charge in [0.05, 0.1) is 11.9 Å². The molecule has 90 valence electrons. The monoisotopic (exact) mass is 233 g/mol. The second kappa shape index (κ2) is 5.40. The summed E-state index contributed by atoms with van der Waals surface area (Å²) < 4.78 is 1.90. The van der Waals surface area contributed by atoms with Gasteiger partial charge in [0.25, 0.3) is 0 Å². The lowest BCUT2D eigenvalue weighted by Gasteiger charge is -2.04. The predicted molar refractivity (Wildman–Crippen MR) is 62.3 cm³/mol. The quantitative estimate of drug-likeness (QED) is 0.724. The number of hydrogen-bond donors (Lipinski definition) is 2. The maximum absolute atomic E-state index is 9.08. The van der Waals surface area contributed by atoms with Crippen LogP contribution < -0.4 is 5.32 Å². The third kappa shape index (κ3) is 3.25. The Balaban J connectivity index is 1.73. The number of hydrogen-bond acceptors (Lipinski definition) is 5. The van der Waals surface area contributed by atoms with Crippen LogP contribution in [0.1, 0.15) is 11.5 Å². The molecule has 0 spiro atoms. The Morgan fingerprint density at radius 1 is 1.41 bits per heavy atom. The van der Waals surface area contributed by atoms with Gasteiger partial charge in [-0.05, 0) is 12.1 Å². The zero-order chi connectivity index (χ0) is 12.1. The van der Waals surface area contributed by atoms with Gasteiger partial charge in [-0.15, -0.1) is 10.2 Å². The molecule has 0 saturated carbocycles. The standard InChI is InChI=1S/C11H15N5O/c1-16-8-14-15-11(16)4-5-12-6-9-2-3-10(17)7-13-9/h2-3,7-8,12,17H,4-6H2,1H3. The largest absolute Gasteiger partial charge is 0.506 e. The predicted octanol–water partition coefficient (Wildman–Crippen LogP) is 0.248. The van der Waals surface area contributed by atoms with Crippen LogP contribution in [0.5, 0.6) is 5.75 Å². The highest BCUT2D eigenvalue weighted by atomic mass is 16.3. The van der Waals surface area contributed by atoms with Crippen molar-refractivity contribution in [2.75, 3.05) is 6.54 Å². The van der Waals surface area contributed by atoms with E-state index in [1.807, 2.05) is 11.6 Å². The van der Waals surface area contributed by atoms with Crippen molar-refractivity contribution in [3.63, 3.8) is 0 Å². The van der Waals surface area contributed by atoms with Crippen LogP contribution in [0.25, 0.3) is 0 Å². The van der Waals surface area contributed by atoms with Crippen LogP contribution in [-0.2, 0) is 20.0 Å². The SMILES string of the molecule is Cn1cnnc1CCNCc1ccc(O)cn1. The van der Waals surface area contributed by atoms with Crippen LogP contribution in [0.3, 0.4) is 0 Å². The van der Waals surface area contributed by atoms with Gasteiger partial charge in [-0.2, -0.15) is 0 Å². The van der Waals surface area contributed by atoms with Gasteiger partial charge in [-0.3, -0.25) is 4.98 Å². The van der Waals surface area contributed by atoms with E-state index in [9.17, 15) is 0 Å². The maximum atomic E-state index is 9.08. The molecule has 17 heavy (non-hydrogen) atoms. The van der Waals surface area contributed by atoms with Crippen LogP contribution in [0.15, 0.2) is 24.7 Å². The molecular weight excluding hydrogens is 218 g/mol. The number of aromatic hydroxyl groups is 1. The summed E-state index contributed by atoms with van der Waals surface area (Å²) in [4.78, 5) is 4.08. The van der Waals surface area contributed by atoms with E-state index >= 15 is 0 Å². The van der Waals surface area contributed by atoms with Gasteiger partial charge in [-0.25, -0.2) is 0 Å². The highest BCUT2D eigenvalue weighted by Crippen LogP contribution is 2.05. The number of rotatable bonds is 5. The lowest BCUT2D eigenvalue weighted by molar-refractivity contribution is 0.471. The van der Waals surface area contributed by atoms with Crippen LogP contribution in [0.2, 0.25) is 0 Å². The van der Waals surface area contributed by atoms with E-state index in [4.69, 9.17) is 5.11 Å². The molecule has 2 rings (SSSR count). The lowest BCUT2D eigenvalue weighted by Crippen LogP contribution is -2.18. The minimum Gasteiger partial charge on any atom is -0.506 e.